The molecule has 0 bridgehead atoms. The van der Waals surface area contributed by atoms with Gasteiger partial charge in [-0.2, -0.15) is 0 Å². The van der Waals surface area contributed by atoms with Gasteiger partial charge in [-0.3, -0.25) is 4.79 Å². The van der Waals surface area contributed by atoms with Crippen molar-refractivity contribution in [2.24, 2.45) is 0 Å². The quantitative estimate of drug-likeness (QED) is 0.777. The van der Waals surface area contributed by atoms with Gasteiger partial charge in [-0.15, -0.1) is 0 Å². The highest BCUT2D eigenvalue weighted by molar-refractivity contribution is 5.77. The largest absolute Gasteiger partial charge is 0.378 e. The fourth-order valence-electron chi connectivity index (χ4n) is 2.24. The van der Waals surface area contributed by atoms with Crippen LogP contribution >= 0.6 is 0 Å². The first-order valence-corrected chi connectivity index (χ1v) is 6.61. The molecule has 0 amide bonds. The molecule has 0 aliphatic carbocycles. The van der Waals surface area contributed by atoms with Crippen LogP contribution in [0.15, 0.2) is 47.3 Å². The van der Waals surface area contributed by atoms with E-state index in [-0.39, 0.29) is 11.4 Å². The SMILES string of the molecule is Cc1cc(F)cc(NCc2nc3ccccc3c(=O)[nH]2)c1. The van der Waals surface area contributed by atoms with Crippen LogP contribution < -0.4 is 10.9 Å². The Labute approximate surface area is 120 Å². The molecule has 2 aromatic carbocycles. The highest BCUT2D eigenvalue weighted by atomic mass is 19.1. The highest BCUT2D eigenvalue weighted by Crippen LogP contribution is 2.14. The average molecular weight is 283 g/mol. The van der Waals surface area contributed by atoms with Crippen molar-refractivity contribution in [1.29, 1.82) is 0 Å². The third-order valence-corrected chi connectivity index (χ3v) is 3.16. The lowest BCUT2D eigenvalue weighted by molar-refractivity contribution is 0.627. The summed E-state index contributed by atoms with van der Waals surface area (Å²) in [6.07, 6.45) is 0. The number of para-hydroxylation sites is 1. The van der Waals surface area contributed by atoms with E-state index in [0.29, 0.717) is 29.0 Å². The van der Waals surface area contributed by atoms with Crippen LogP contribution in [0.3, 0.4) is 0 Å². The molecule has 3 rings (SSSR count). The van der Waals surface area contributed by atoms with Crippen LogP contribution in [0.4, 0.5) is 10.1 Å². The van der Waals surface area contributed by atoms with Crippen molar-refractivity contribution >= 4 is 16.6 Å². The normalized spacial score (nSPS) is 10.8. The first-order valence-electron chi connectivity index (χ1n) is 6.61. The van der Waals surface area contributed by atoms with Gasteiger partial charge in [0.25, 0.3) is 5.56 Å². The Balaban J connectivity index is 1.86. The van der Waals surface area contributed by atoms with Gasteiger partial charge < -0.3 is 10.3 Å². The molecule has 106 valence electrons. The Hall–Kier alpha value is -2.69. The third kappa shape index (κ3) is 2.91. The number of aryl methyl sites for hydroxylation is 1. The van der Waals surface area contributed by atoms with Gasteiger partial charge in [-0.25, -0.2) is 9.37 Å². The molecule has 0 atom stereocenters. The number of H-pyrrole nitrogens is 1. The van der Waals surface area contributed by atoms with Gasteiger partial charge in [-0.05, 0) is 42.8 Å². The predicted molar refractivity (Wildman–Crippen MR) is 80.8 cm³/mol. The number of rotatable bonds is 3. The van der Waals surface area contributed by atoms with E-state index in [9.17, 15) is 9.18 Å². The van der Waals surface area contributed by atoms with Crippen LogP contribution in [-0.2, 0) is 6.54 Å². The van der Waals surface area contributed by atoms with E-state index >= 15 is 0 Å². The summed E-state index contributed by atoms with van der Waals surface area (Å²) in [6.45, 7) is 2.15. The molecule has 1 aromatic heterocycles. The fraction of sp³-hybridized carbons (Fsp3) is 0.125. The molecule has 0 unspecified atom stereocenters. The van der Waals surface area contributed by atoms with Gasteiger partial charge in [0.15, 0.2) is 0 Å². The number of nitrogens with zero attached hydrogens (tertiary/aromatic N) is 1. The Morgan fingerprint density at radius 3 is 2.86 bits per heavy atom. The van der Waals surface area contributed by atoms with E-state index in [4.69, 9.17) is 0 Å². The lowest BCUT2D eigenvalue weighted by Crippen LogP contribution is -2.14. The van der Waals surface area contributed by atoms with Crippen LogP contribution in [0, 0.1) is 12.7 Å². The summed E-state index contributed by atoms with van der Waals surface area (Å²) in [5, 5.41) is 3.62. The second kappa shape index (κ2) is 5.36. The van der Waals surface area contributed by atoms with E-state index in [2.05, 4.69) is 15.3 Å². The number of benzene rings is 2. The van der Waals surface area contributed by atoms with Crippen molar-refractivity contribution in [3.05, 3.63) is 70.0 Å². The molecule has 0 aliphatic rings. The minimum absolute atomic E-state index is 0.173. The standard InChI is InChI=1S/C16H14FN3O/c1-10-6-11(17)8-12(7-10)18-9-15-19-14-5-3-2-4-13(14)16(21)20-15/h2-8,18H,9H2,1H3,(H,19,20,21). The van der Waals surface area contributed by atoms with E-state index < -0.39 is 0 Å². The number of hydrogen-bond acceptors (Lipinski definition) is 3. The van der Waals surface area contributed by atoms with Crippen molar-refractivity contribution in [1.82, 2.24) is 9.97 Å². The van der Waals surface area contributed by atoms with Crippen molar-refractivity contribution in [3.63, 3.8) is 0 Å². The number of anilines is 1. The Kier molecular flexibility index (Phi) is 3.39. The van der Waals surface area contributed by atoms with Gasteiger partial charge in [0, 0.05) is 5.69 Å². The summed E-state index contributed by atoms with van der Waals surface area (Å²) in [5.74, 6) is 0.220. The first kappa shape index (κ1) is 13.3. The maximum atomic E-state index is 13.3. The maximum absolute atomic E-state index is 13.3. The number of fused-ring (bicyclic) bond motifs is 1. The Bertz CT molecular complexity index is 837. The lowest BCUT2D eigenvalue weighted by Gasteiger charge is -2.08. The summed E-state index contributed by atoms with van der Waals surface area (Å²) < 4.78 is 13.3. The lowest BCUT2D eigenvalue weighted by atomic mass is 10.2. The summed E-state index contributed by atoms with van der Waals surface area (Å²) in [5.41, 5.74) is 1.96. The number of halogens is 1. The molecular weight excluding hydrogens is 269 g/mol. The third-order valence-electron chi connectivity index (χ3n) is 3.16. The molecule has 0 saturated heterocycles. The Morgan fingerprint density at radius 2 is 2.05 bits per heavy atom. The fourth-order valence-corrected chi connectivity index (χ4v) is 2.24. The zero-order valence-electron chi connectivity index (χ0n) is 11.5. The zero-order valence-corrected chi connectivity index (χ0v) is 11.5. The van der Waals surface area contributed by atoms with Gasteiger partial charge in [0.1, 0.15) is 11.6 Å². The van der Waals surface area contributed by atoms with E-state index in [1.807, 2.05) is 19.1 Å². The van der Waals surface area contributed by atoms with E-state index in [1.165, 1.54) is 12.1 Å². The monoisotopic (exact) mass is 283 g/mol. The van der Waals surface area contributed by atoms with E-state index in [0.717, 1.165) is 5.56 Å². The minimum atomic E-state index is -0.294. The summed E-state index contributed by atoms with van der Waals surface area (Å²) in [7, 11) is 0. The van der Waals surface area contributed by atoms with Gasteiger partial charge in [0.2, 0.25) is 0 Å². The molecule has 1 heterocycles. The average Bonchev–Trinajstić information content (AvgIpc) is 2.44. The minimum Gasteiger partial charge on any atom is -0.378 e. The maximum Gasteiger partial charge on any atom is 0.258 e. The molecule has 0 spiro atoms. The van der Waals surface area contributed by atoms with Crippen LogP contribution in [0.2, 0.25) is 0 Å². The summed E-state index contributed by atoms with van der Waals surface area (Å²) in [6, 6.07) is 11.9. The molecule has 2 N–H and O–H groups in total. The molecular formula is C16H14FN3O. The predicted octanol–water partition coefficient (Wildman–Crippen LogP) is 2.98. The van der Waals surface area contributed by atoms with Crippen molar-refractivity contribution < 1.29 is 4.39 Å². The second-order valence-corrected chi connectivity index (χ2v) is 4.90. The highest BCUT2D eigenvalue weighted by Gasteiger charge is 2.04. The molecule has 5 heteroatoms. The van der Waals surface area contributed by atoms with Crippen molar-refractivity contribution in [2.45, 2.75) is 13.5 Å². The van der Waals surface area contributed by atoms with Gasteiger partial charge in [0.05, 0.1) is 17.4 Å². The first-order chi connectivity index (χ1) is 10.1. The molecule has 0 aliphatic heterocycles. The summed E-state index contributed by atoms with van der Waals surface area (Å²) in [4.78, 5) is 19.0. The molecule has 4 nitrogen and oxygen atoms in total. The van der Waals surface area contributed by atoms with Crippen LogP contribution in [0.25, 0.3) is 10.9 Å². The number of aromatic amines is 1. The van der Waals surface area contributed by atoms with Crippen LogP contribution in [-0.4, -0.2) is 9.97 Å². The molecule has 0 saturated carbocycles. The number of nitrogens with one attached hydrogen (secondary N) is 2. The summed E-state index contributed by atoms with van der Waals surface area (Å²) >= 11 is 0. The Morgan fingerprint density at radius 1 is 1.24 bits per heavy atom. The van der Waals surface area contributed by atoms with E-state index in [1.54, 1.807) is 18.2 Å². The van der Waals surface area contributed by atoms with Crippen molar-refractivity contribution in [2.75, 3.05) is 5.32 Å². The molecule has 3 aromatic rings. The van der Waals surface area contributed by atoms with Gasteiger partial charge in [-0.1, -0.05) is 12.1 Å². The van der Waals surface area contributed by atoms with Crippen LogP contribution in [0.1, 0.15) is 11.4 Å². The van der Waals surface area contributed by atoms with Gasteiger partial charge >= 0.3 is 0 Å². The zero-order chi connectivity index (χ0) is 14.8. The molecule has 0 radical (unpaired) electrons. The smallest absolute Gasteiger partial charge is 0.258 e. The van der Waals surface area contributed by atoms with Crippen LogP contribution in [0.5, 0.6) is 0 Å². The molecule has 0 fully saturated rings. The number of aromatic nitrogens is 2. The number of hydrogen-bond donors (Lipinski definition) is 2. The molecule has 21 heavy (non-hydrogen) atoms. The second-order valence-electron chi connectivity index (χ2n) is 4.90. The topological polar surface area (TPSA) is 57.8 Å². The van der Waals surface area contributed by atoms with Crippen molar-refractivity contribution in [3.8, 4) is 0 Å².